The Labute approximate surface area is 142 Å². The SMILES string of the molecule is COC(=O)CCN(CCCOC(C)C)C(=O)Cc1ccc(F)cc1. The number of rotatable bonds is 10. The van der Waals surface area contributed by atoms with E-state index < -0.39 is 0 Å². The molecule has 0 atom stereocenters. The number of benzene rings is 1. The Morgan fingerprint density at radius 3 is 2.42 bits per heavy atom. The summed E-state index contributed by atoms with van der Waals surface area (Å²) in [6.07, 6.45) is 1.15. The van der Waals surface area contributed by atoms with Crippen LogP contribution in [0.15, 0.2) is 24.3 Å². The molecule has 1 aromatic rings. The fourth-order valence-electron chi connectivity index (χ4n) is 2.15. The second kappa shape index (κ2) is 10.8. The van der Waals surface area contributed by atoms with Gasteiger partial charge in [0.25, 0.3) is 0 Å². The molecule has 0 aliphatic heterocycles. The predicted octanol–water partition coefficient (Wildman–Crippen LogP) is 2.58. The van der Waals surface area contributed by atoms with Gasteiger partial charge in [-0.05, 0) is 38.0 Å². The summed E-state index contributed by atoms with van der Waals surface area (Å²) in [7, 11) is 1.32. The number of nitrogens with zero attached hydrogens (tertiary/aromatic N) is 1. The number of carbonyl (C=O) groups is 2. The van der Waals surface area contributed by atoms with Gasteiger partial charge in [0.2, 0.25) is 5.91 Å². The first kappa shape index (κ1) is 20.1. The maximum Gasteiger partial charge on any atom is 0.307 e. The van der Waals surface area contributed by atoms with Gasteiger partial charge in [-0.3, -0.25) is 9.59 Å². The molecule has 0 aromatic heterocycles. The molecule has 0 spiro atoms. The average molecular weight is 339 g/mol. The van der Waals surface area contributed by atoms with Crippen LogP contribution in [-0.2, 0) is 25.5 Å². The highest BCUT2D eigenvalue weighted by Gasteiger charge is 2.16. The second-order valence-electron chi connectivity index (χ2n) is 5.78. The molecular weight excluding hydrogens is 313 g/mol. The third kappa shape index (κ3) is 8.06. The zero-order valence-electron chi connectivity index (χ0n) is 14.6. The molecule has 1 rings (SSSR count). The third-order valence-corrected chi connectivity index (χ3v) is 3.46. The van der Waals surface area contributed by atoms with Gasteiger partial charge in [-0.2, -0.15) is 0 Å². The molecule has 24 heavy (non-hydrogen) atoms. The lowest BCUT2D eigenvalue weighted by molar-refractivity contribution is -0.141. The fraction of sp³-hybridized carbons (Fsp3) is 0.556. The van der Waals surface area contributed by atoms with Crippen LogP contribution in [-0.4, -0.2) is 49.7 Å². The summed E-state index contributed by atoms with van der Waals surface area (Å²) in [5.74, 6) is -0.789. The minimum atomic E-state index is -0.354. The molecule has 0 unspecified atom stereocenters. The van der Waals surface area contributed by atoms with Crippen molar-refractivity contribution in [1.29, 1.82) is 0 Å². The zero-order chi connectivity index (χ0) is 17.9. The minimum absolute atomic E-state index is 0.102. The molecule has 0 heterocycles. The minimum Gasteiger partial charge on any atom is -0.469 e. The van der Waals surface area contributed by atoms with Crippen molar-refractivity contribution in [3.05, 3.63) is 35.6 Å². The van der Waals surface area contributed by atoms with E-state index in [1.54, 1.807) is 17.0 Å². The van der Waals surface area contributed by atoms with Crippen molar-refractivity contribution in [1.82, 2.24) is 4.90 Å². The van der Waals surface area contributed by atoms with Crippen molar-refractivity contribution in [2.45, 2.75) is 39.2 Å². The quantitative estimate of drug-likeness (QED) is 0.486. The van der Waals surface area contributed by atoms with E-state index in [1.165, 1.54) is 19.2 Å². The zero-order valence-corrected chi connectivity index (χ0v) is 14.6. The molecule has 1 amide bonds. The lowest BCUT2D eigenvalue weighted by Crippen LogP contribution is -2.35. The van der Waals surface area contributed by atoms with E-state index in [4.69, 9.17) is 4.74 Å². The van der Waals surface area contributed by atoms with Gasteiger partial charge < -0.3 is 14.4 Å². The summed E-state index contributed by atoms with van der Waals surface area (Å²) >= 11 is 0. The molecule has 1 aromatic carbocycles. The fourth-order valence-corrected chi connectivity index (χ4v) is 2.15. The van der Waals surface area contributed by atoms with Gasteiger partial charge in [-0.1, -0.05) is 12.1 Å². The summed E-state index contributed by atoms with van der Waals surface area (Å²) in [6, 6.07) is 5.84. The predicted molar refractivity (Wildman–Crippen MR) is 89.0 cm³/mol. The summed E-state index contributed by atoms with van der Waals surface area (Å²) in [5, 5.41) is 0. The van der Waals surface area contributed by atoms with E-state index in [0.29, 0.717) is 26.1 Å². The standard InChI is InChI=1S/C18H26FNO4/c1-14(2)24-12-4-10-20(11-9-18(22)23-3)17(21)13-15-5-7-16(19)8-6-15/h5-8,14H,4,9-13H2,1-3H3. The number of halogens is 1. The first-order chi connectivity index (χ1) is 11.4. The normalized spacial score (nSPS) is 10.7. The molecule has 0 N–H and O–H groups in total. The summed E-state index contributed by atoms with van der Waals surface area (Å²) in [5.41, 5.74) is 0.739. The van der Waals surface area contributed by atoms with Gasteiger partial charge in [0.1, 0.15) is 5.82 Å². The lowest BCUT2D eigenvalue weighted by atomic mass is 10.1. The van der Waals surface area contributed by atoms with E-state index in [2.05, 4.69) is 4.74 Å². The molecule has 0 aliphatic rings. The number of amides is 1. The highest BCUT2D eigenvalue weighted by molar-refractivity contribution is 5.79. The number of ether oxygens (including phenoxy) is 2. The molecule has 0 fully saturated rings. The van der Waals surface area contributed by atoms with Gasteiger partial charge >= 0.3 is 5.97 Å². The summed E-state index contributed by atoms with van der Waals surface area (Å²) in [6.45, 7) is 5.26. The van der Waals surface area contributed by atoms with Gasteiger partial charge in [0.05, 0.1) is 26.1 Å². The van der Waals surface area contributed by atoms with Crippen molar-refractivity contribution >= 4 is 11.9 Å². The smallest absolute Gasteiger partial charge is 0.307 e. The van der Waals surface area contributed by atoms with Crippen LogP contribution < -0.4 is 0 Å². The molecule has 0 aliphatic carbocycles. The first-order valence-electron chi connectivity index (χ1n) is 8.13. The number of carbonyl (C=O) groups excluding carboxylic acids is 2. The summed E-state index contributed by atoms with van der Waals surface area (Å²) in [4.78, 5) is 25.4. The monoisotopic (exact) mass is 339 g/mol. The Morgan fingerprint density at radius 2 is 1.83 bits per heavy atom. The van der Waals surface area contributed by atoms with Crippen molar-refractivity contribution in [2.75, 3.05) is 26.8 Å². The van der Waals surface area contributed by atoms with Gasteiger partial charge in [-0.25, -0.2) is 4.39 Å². The Morgan fingerprint density at radius 1 is 1.17 bits per heavy atom. The lowest BCUT2D eigenvalue weighted by Gasteiger charge is -2.22. The van der Waals surface area contributed by atoms with Crippen LogP contribution in [0, 0.1) is 5.82 Å². The highest BCUT2D eigenvalue weighted by atomic mass is 19.1. The van der Waals surface area contributed by atoms with E-state index in [-0.39, 0.29) is 36.6 Å². The van der Waals surface area contributed by atoms with Crippen LogP contribution in [0.25, 0.3) is 0 Å². The Kier molecular flexibility index (Phi) is 9.01. The Bertz CT molecular complexity index is 516. The van der Waals surface area contributed by atoms with Crippen molar-refractivity contribution in [3.63, 3.8) is 0 Å². The van der Waals surface area contributed by atoms with Crippen LogP contribution in [0.4, 0.5) is 4.39 Å². The van der Waals surface area contributed by atoms with E-state index in [0.717, 1.165) is 5.56 Å². The Balaban J connectivity index is 2.58. The number of hydrogen-bond donors (Lipinski definition) is 0. The molecule has 0 saturated carbocycles. The van der Waals surface area contributed by atoms with Crippen LogP contribution in [0.5, 0.6) is 0 Å². The van der Waals surface area contributed by atoms with Gasteiger partial charge in [0, 0.05) is 19.7 Å². The maximum absolute atomic E-state index is 12.9. The maximum atomic E-state index is 12.9. The molecule has 0 bridgehead atoms. The largest absolute Gasteiger partial charge is 0.469 e. The van der Waals surface area contributed by atoms with Crippen molar-refractivity contribution in [3.8, 4) is 0 Å². The van der Waals surface area contributed by atoms with Crippen molar-refractivity contribution < 1.29 is 23.5 Å². The van der Waals surface area contributed by atoms with E-state index in [9.17, 15) is 14.0 Å². The topological polar surface area (TPSA) is 55.8 Å². The number of methoxy groups -OCH3 is 1. The average Bonchev–Trinajstić information content (AvgIpc) is 2.55. The molecule has 5 nitrogen and oxygen atoms in total. The highest BCUT2D eigenvalue weighted by Crippen LogP contribution is 2.07. The van der Waals surface area contributed by atoms with E-state index >= 15 is 0 Å². The second-order valence-corrected chi connectivity index (χ2v) is 5.78. The Hall–Kier alpha value is -1.95. The molecule has 0 saturated heterocycles. The third-order valence-electron chi connectivity index (χ3n) is 3.46. The van der Waals surface area contributed by atoms with Crippen LogP contribution in [0.2, 0.25) is 0 Å². The number of hydrogen-bond acceptors (Lipinski definition) is 4. The number of esters is 1. The first-order valence-corrected chi connectivity index (χ1v) is 8.13. The van der Waals surface area contributed by atoms with Crippen molar-refractivity contribution in [2.24, 2.45) is 0 Å². The molecule has 134 valence electrons. The van der Waals surface area contributed by atoms with Crippen LogP contribution in [0.1, 0.15) is 32.3 Å². The molecule has 0 radical (unpaired) electrons. The van der Waals surface area contributed by atoms with Gasteiger partial charge in [0.15, 0.2) is 0 Å². The van der Waals surface area contributed by atoms with Crippen LogP contribution in [0.3, 0.4) is 0 Å². The van der Waals surface area contributed by atoms with E-state index in [1.807, 2.05) is 13.8 Å². The molecular formula is C18H26FNO4. The van der Waals surface area contributed by atoms with Crippen LogP contribution >= 0.6 is 0 Å². The van der Waals surface area contributed by atoms with Gasteiger partial charge in [-0.15, -0.1) is 0 Å². The summed E-state index contributed by atoms with van der Waals surface area (Å²) < 4.78 is 23.0. The molecule has 6 heteroatoms.